The van der Waals surface area contributed by atoms with Crippen molar-refractivity contribution in [2.75, 3.05) is 25.5 Å². The van der Waals surface area contributed by atoms with E-state index >= 15 is 0 Å². The summed E-state index contributed by atoms with van der Waals surface area (Å²) in [5.74, 6) is -0.423. The Labute approximate surface area is 145 Å². The Morgan fingerprint density at radius 1 is 1.29 bits per heavy atom. The van der Waals surface area contributed by atoms with Gasteiger partial charge in [0.1, 0.15) is 0 Å². The molecule has 1 atom stereocenters. The number of carbonyl (C=O) groups excluding carboxylic acids is 2. The topological polar surface area (TPSA) is 58.6 Å². The number of nitrogens with zero attached hydrogens (tertiary/aromatic N) is 1. The summed E-state index contributed by atoms with van der Waals surface area (Å²) >= 11 is 1.74. The highest BCUT2D eigenvalue weighted by Gasteiger charge is 2.28. The van der Waals surface area contributed by atoms with Gasteiger partial charge in [0, 0.05) is 16.6 Å². The molecule has 0 aliphatic carbocycles. The van der Waals surface area contributed by atoms with Gasteiger partial charge >= 0.3 is 5.97 Å². The van der Waals surface area contributed by atoms with Crippen LogP contribution < -0.4 is 5.32 Å². The summed E-state index contributed by atoms with van der Waals surface area (Å²) in [6, 6.07) is 11.3. The van der Waals surface area contributed by atoms with Gasteiger partial charge in [-0.1, -0.05) is 6.07 Å². The van der Waals surface area contributed by atoms with Gasteiger partial charge in [-0.2, -0.15) is 0 Å². The molecule has 1 N–H and O–H groups in total. The standard InChI is InChI=1S/C18H20N2O3S/c1-23-18(22)13-6-8-14(9-7-13)19-17(21)12-20-10-2-4-15(20)16-5-3-11-24-16/h3,5-9,11,15H,2,4,10,12H2,1H3,(H,19,21)/t15-/m0/s1. The number of esters is 1. The first-order valence-corrected chi connectivity index (χ1v) is 8.81. The second-order valence-corrected chi connectivity index (χ2v) is 6.74. The molecule has 2 aromatic rings. The summed E-state index contributed by atoms with van der Waals surface area (Å²) in [5.41, 5.74) is 1.15. The lowest BCUT2D eigenvalue weighted by Gasteiger charge is -2.22. The van der Waals surface area contributed by atoms with Crippen molar-refractivity contribution >= 4 is 28.9 Å². The number of rotatable bonds is 5. The molecule has 1 aromatic heterocycles. The first-order chi connectivity index (χ1) is 11.7. The van der Waals surface area contributed by atoms with Gasteiger partial charge in [0.2, 0.25) is 5.91 Å². The van der Waals surface area contributed by atoms with Gasteiger partial charge in [-0.15, -0.1) is 11.3 Å². The maximum atomic E-state index is 12.3. The van der Waals surface area contributed by atoms with Gasteiger partial charge in [0.25, 0.3) is 0 Å². The third-order valence-electron chi connectivity index (χ3n) is 4.17. The predicted molar refractivity (Wildman–Crippen MR) is 94.3 cm³/mol. The number of amides is 1. The molecule has 1 aromatic carbocycles. The lowest BCUT2D eigenvalue weighted by atomic mass is 10.2. The average molecular weight is 344 g/mol. The number of anilines is 1. The maximum Gasteiger partial charge on any atom is 0.337 e. The van der Waals surface area contributed by atoms with Gasteiger partial charge in [0.05, 0.1) is 19.2 Å². The lowest BCUT2D eigenvalue weighted by Crippen LogP contribution is -2.32. The van der Waals surface area contributed by atoms with Gasteiger partial charge < -0.3 is 10.1 Å². The van der Waals surface area contributed by atoms with E-state index in [2.05, 4.69) is 32.5 Å². The number of thiophene rings is 1. The maximum absolute atomic E-state index is 12.3. The molecular formula is C18H20N2O3S. The van der Waals surface area contributed by atoms with Crippen LogP contribution in [0.1, 0.15) is 34.1 Å². The molecule has 0 radical (unpaired) electrons. The van der Waals surface area contributed by atoms with E-state index in [1.54, 1.807) is 35.6 Å². The van der Waals surface area contributed by atoms with Crippen molar-refractivity contribution in [2.45, 2.75) is 18.9 Å². The smallest absolute Gasteiger partial charge is 0.337 e. The van der Waals surface area contributed by atoms with Crippen LogP contribution >= 0.6 is 11.3 Å². The third kappa shape index (κ3) is 3.83. The SMILES string of the molecule is COC(=O)c1ccc(NC(=O)CN2CCC[C@H]2c2cccs2)cc1. The molecule has 1 aliphatic heterocycles. The number of likely N-dealkylation sites (tertiary alicyclic amines) is 1. The van der Waals surface area contributed by atoms with Gasteiger partial charge in [0.15, 0.2) is 0 Å². The minimum atomic E-state index is -0.385. The normalized spacial score (nSPS) is 17.6. The van der Waals surface area contributed by atoms with E-state index < -0.39 is 0 Å². The third-order valence-corrected chi connectivity index (χ3v) is 5.15. The summed E-state index contributed by atoms with van der Waals surface area (Å²) in [6.45, 7) is 1.32. The summed E-state index contributed by atoms with van der Waals surface area (Å²) in [7, 11) is 1.35. The Bertz CT molecular complexity index is 698. The first kappa shape index (κ1) is 16.7. The van der Waals surface area contributed by atoms with E-state index in [4.69, 9.17) is 0 Å². The molecule has 126 valence electrons. The summed E-state index contributed by atoms with van der Waals surface area (Å²) in [5, 5.41) is 4.97. The highest BCUT2D eigenvalue weighted by molar-refractivity contribution is 7.10. The molecule has 0 saturated carbocycles. The molecular weight excluding hydrogens is 324 g/mol. The minimum absolute atomic E-state index is 0.0377. The first-order valence-electron chi connectivity index (χ1n) is 7.93. The zero-order chi connectivity index (χ0) is 16.9. The molecule has 6 heteroatoms. The molecule has 3 rings (SSSR count). The predicted octanol–water partition coefficient (Wildman–Crippen LogP) is 3.31. The largest absolute Gasteiger partial charge is 0.465 e. The van der Waals surface area contributed by atoms with E-state index in [0.29, 0.717) is 23.8 Å². The summed E-state index contributed by atoms with van der Waals surface area (Å²) in [4.78, 5) is 27.3. The zero-order valence-electron chi connectivity index (χ0n) is 13.5. The highest BCUT2D eigenvalue weighted by atomic mass is 32.1. The Kier molecular flexibility index (Phi) is 5.27. The van der Waals surface area contributed by atoms with E-state index in [9.17, 15) is 9.59 Å². The number of hydrogen-bond donors (Lipinski definition) is 1. The second-order valence-electron chi connectivity index (χ2n) is 5.76. The van der Waals surface area contributed by atoms with Crippen LogP contribution in [0.25, 0.3) is 0 Å². The number of nitrogens with one attached hydrogen (secondary N) is 1. The molecule has 1 amide bonds. The number of carbonyl (C=O) groups is 2. The van der Waals surface area contributed by atoms with Crippen LogP contribution in [0, 0.1) is 0 Å². The van der Waals surface area contributed by atoms with Crippen LogP contribution in [-0.2, 0) is 9.53 Å². The summed E-state index contributed by atoms with van der Waals surface area (Å²) < 4.78 is 4.66. The van der Waals surface area contributed by atoms with Crippen molar-refractivity contribution in [1.82, 2.24) is 4.90 Å². The summed E-state index contributed by atoms with van der Waals surface area (Å²) in [6.07, 6.45) is 2.21. The van der Waals surface area contributed by atoms with Gasteiger partial charge in [-0.3, -0.25) is 9.69 Å². The second kappa shape index (κ2) is 7.59. The zero-order valence-corrected chi connectivity index (χ0v) is 14.3. The van der Waals surface area contributed by atoms with E-state index in [1.807, 2.05) is 0 Å². The number of methoxy groups -OCH3 is 1. The molecule has 1 fully saturated rings. The van der Waals surface area contributed by atoms with Crippen molar-refractivity contribution in [2.24, 2.45) is 0 Å². The van der Waals surface area contributed by atoms with Crippen molar-refractivity contribution < 1.29 is 14.3 Å². The number of hydrogen-bond acceptors (Lipinski definition) is 5. The molecule has 2 heterocycles. The van der Waals surface area contributed by atoms with Crippen LogP contribution in [0.2, 0.25) is 0 Å². The average Bonchev–Trinajstić information content (AvgIpc) is 3.26. The highest BCUT2D eigenvalue weighted by Crippen LogP contribution is 2.34. The Hall–Kier alpha value is -2.18. The molecule has 0 bridgehead atoms. The number of ether oxygens (including phenoxy) is 1. The lowest BCUT2D eigenvalue weighted by molar-refractivity contribution is -0.117. The van der Waals surface area contributed by atoms with Crippen molar-refractivity contribution in [3.8, 4) is 0 Å². The minimum Gasteiger partial charge on any atom is -0.465 e. The Morgan fingerprint density at radius 2 is 2.08 bits per heavy atom. The van der Waals surface area contributed by atoms with Crippen molar-refractivity contribution in [3.63, 3.8) is 0 Å². The number of benzene rings is 1. The van der Waals surface area contributed by atoms with E-state index in [0.717, 1.165) is 19.4 Å². The van der Waals surface area contributed by atoms with Gasteiger partial charge in [-0.25, -0.2) is 4.79 Å². The van der Waals surface area contributed by atoms with Crippen molar-refractivity contribution in [1.29, 1.82) is 0 Å². The fraction of sp³-hybridized carbons (Fsp3) is 0.333. The molecule has 1 aliphatic rings. The van der Waals surface area contributed by atoms with Gasteiger partial charge in [-0.05, 0) is 55.1 Å². The monoisotopic (exact) mass is 344 g/mol. The van der Waals surface area contributed by atoms with Crippen LogP contribution in [0.4, 0.5) is 5.69 Å². The Morgan fingerprint density at radius 3 is 2.75 bits per heavy atom. The van der Waals surface area contributed by atoms with E-state index in [-0.39, 0.29) is 11.9 Å². The fourth-order valence-electron chi connectivity index (χ4n) is 3.01. The molecule has 0 spiro atoms. The molecule has 0 unspecified atom stereocenters. The molecule has 1 saturated heterocycles. The fourth-order valence-corrected chi connectivity index (χ4v) is 3.91. The van der Waals surface area contributed by atoms with Crippen LogP contribution in [0.3, 0.4) is 0 Å². The van der Waals surface area contributed by atoms with Crippen molar-refractivity contribution in [3.05, 3.63) is 52.2 Å². The molecule has 5 nitrogen and oxygen atoms in total. The van der Waals surface area contributed by atoms with Crippen LogP contribution in [0.5, 0.6) is 0 Å². The Balaban J connectivity index is 1.58. The van der Waals surface area contributed by atoms with Crippen LogP contribution in [0.15, 0.2) is 41.8 Å². The van der Waals surface area contributed by atoms with Crippen LogP contribution in [-0.4, -0.2) is 37.0 Å². The molecule has 24 heavy (non-hydrogen) atoms. The quantitative estimate of drug-likeness (QED) is 0.846. The van der Waals surface area contributed by atoms with E-state index in [1.165, 1.54) is 12.0 Å².